The van der Waals surface area contributed by atoms with Crippen LogP contribution in [0.25, 0.3) is 0 Å². The molecule has 2 saturated heterocycles. The molecular weight excluding hydrogens is 484 g/mol. The van der Waals surface area contributed by atoms with Crippen molar-refractivity contribution in [3.63, 3.8) is 0 Å². The van der Waals surface area contributed by atoms with E-state index >= 15 is 0 Å². The zero-order valence-electron chi connectivity index (χ0n) is 18.1. The SMILES string of the molecule is CCOc1ccc(Br)cc1C1OC2(C)OC(=N)C(C#N)(C2Cc2ccccc2)C1(C#N)C#N. The molecule has 2 aliphatic heterocycles. The van der Waals surface area contributed by atoms with Crippen LogP contribution in [0.1, 0.15) is 31.1 Å². The lowest BCUT2D eigenvalue weighted by Gasteiger charge is -2.49. The van der Waals surface area contributed by atoms with Gasteiger partial charge in [-0.05, 0) is 37.1 Å². The van der Waals surface area contributed by atoms with Crippen molar-refractivity contribution in [3.8, 4) is 24.0 Å². The van der Waals surface area contributed by atoms with Crippen molar-refractivity contribution in [2.45, 2.75) is 32.2 Å². The molecule has 7 nitrogen and oxygen atoms in total. The van der Waals surface area contributed by atoms with Crippen LogP contribution in [-0.2, 0) is 15.9 Å². The summed E-state index contributed by atoms with van der Waals surface area (Å²) in [6, 6.07) is 21.0. The van der Waals surface area contributed by atoms with E-state index in [0.29, 0.717) is 28.8 Å². The van der Waals surface area contributed by atoms with Crippen molar-refractivity contribution in [1.82, 2.24) is 0 Å². The number of nitriles is 3. The van der Waals surface area contributed by atoms with Crippen molar-refractivity contribution in [2.24, 2.45) is 16.7 Å². The van der Waals surface area contributed by atoms with Gasteiger partial charge >= 0.3 is 0 Å². The summed E-state index contributed by atoms with van der Waals surface area (Å²) in [5, 5.41) is 40.1. The highest BCUT2D eigenvalue weighted by Gasteiger charge is 2.79. The Balaban J connectivity index is 1.97. The summed E-state index contributed by atoms with van der Waals surface area (Å²) in [5.74, 6) is -2.16. The third kappa shape index (κ3) is 3.12. The summed E-state index contributed by atoms with van der Waals surface area (Å²) in [5.41, 5.74) is -2.58. The molecule has 2 aromatic carbocycles. The molecule has 33 heavy (non-hydrogen) atoms. The quantitative estimate of drug-likeness (QED) is 0.607. The largest absolute Gasteiger partial charge is 0.493 e. The van der Waals surface area contributed by atoms with Crippen LogP contribution in [0.4, 0.5) is 0 Å². The highest BCUT2D eigenvalue weighted by atomic mass is 79.9. The highest BCUT2D eigenvalue weighted by molar-refractivity contribution is 9.10. The van der Waals surface area contributed by atoms with Gasteiger partial charge in [0.1, 0.15) is 11.9 Å². The van der Waals surface area contributed by atoms with E-state index in [-0.39, 0.29) is 0 Å². The van der Waals surface area contributed by atoms with Gasteiger partial charge in [-0.25, -0.2) is 0 Å². The van der Waals surface area contributed by atoms with Gasteiger partial charge in [0.15, 0.2) is 5.41 Å². The number of hydrogen-bond donors (Lipinski definition) is 1. The van der Waals surface area contributed by atoms with Crippen LogP contribution in [0.5, 0.6) is 5.75 Å². The second-order valence-electron chi connectivity index (χ2n) is 8.25. The second kappa shape index (κ2) is 8.19. The predicted octanol–water partition coefficient (Wildman–Crippen LogP) is 5.05. The van der Waals surface area contributed by atoms with Gasteiger partial charge in [-0.15, -0.1) is 0 Å². The van der Waals surface area contributed by atoms with Gasteiger partial charge in [0.25, 0.3) is 0 Å². The van der Waals surface area contributed by atoms with Gasteiger partial charge in [0, 0.05) is 17.0 Å². The number of nitrogens with one attached hydrogen (secondary N) is 1. The smallest absolute Gasteiger partial charge is 0.215 e. The van der Waals surface area contributed by atoms with Crippen LogP contribution >= 0.6 is 15.9 Å². The molecule has 2 aliphatic rings. The lowest BCUT2D eigenvalue weighted by molar-refractivity contribution is -0.272. The van der Waals surface area contributed by atoms with E-state index in [2.05, 4.69) is 34.1 Å². The molecule has 2 heterocycles. The maximum Gasteiger partial charge on any atom is 0.215 e. The van der Waals surface area contributed by atoms with Crippen LogP contribution in [0.2, 0.25) is 0 Å². The first-order valence-corrected chi connectivity index (χ1v) is 11.3. The minimum atomic E-state index is -2.05. The van der Waals surface area contributed by atoms with E-state index < -0.39 is 34.5 Å². The summed E-state index contributed by atoms with van der Waals surface area (Å²) in [7, 11) is 0. The Morgan fingerprint density at radius 2 is 1.79 bits per heavy atom. The number of hydrogen-bond acceptors (Lipinski definition) is 7. The van der Waals surface area contributed by atoms with E-state index in [4.69, 9.17) is 19.6 Å². The fourth-order valence-electron chi connectivity index (χ4n) is 5.03. The lowest BCUT2D eigenvalue weighted by Crippen LogP contribution is -2.59. The molecule has 2 fully saturated rings. The van der Waals surface area contributed by atoms with E-state index in [1.807, 2.05) is 37.3 Å². The van der Waals surface area contributed by atoms with E-state index in [9.17, 15) is 15.8 Å². The summed E-state index contributed by atoms with van der Waals surface area (Å²) >= 11 is 3.44. The molecule has 4 atom stereocenters. The Bertz CT molecular complexity index is 1210. The van der Waals surface area contributed by atoms with Crippen molar-refractivity contribution < 1.29 is 14.2 Å². The lowest BCUT2D eigenvalue weighted by atomic mass is 9.52. The molecule has 0 aliphatic carbocycles. The summed E-state index contributed by atoms with van der Waals surface area (Å²) in [6.07, 6.45) is -0.895. The number of benzene rings is 2. The zero-order chi connectivity index (χ0) is 23.9. The predicted molar refractivity (Wildman–Crippen MR) is 122 cm³/mol. The van der Waals surface area contributed by atoms with E-state index in [1.165, 1.54) is 0 Å². The molecular formula is C25H21BrN4O3. The first kappa shape index (κ1) is 22.8. The average molecular weight is 505 g/mol. The zero-order valence-corrected chi connectivity index (χ0v) is 19.7. The fraction of sp³-hybridized carbons (Fsp3) is 0.360. The van der Waals surface area contributed by atoms with Crippen LogP contribution in [0.3, 0.4) is 0 Å². The summed E-state index contributed by atoms with van der Waals surface area (Å²) < 4.78 is 18.8. The minimum Gasteiger partial charge on any atom is -0.493 e. The number of rotatable bonds is 5. The maximum atomic E-state index is 10.5. The Morgan fingerprint density at radius 3 is 2.39 bits per heavy atom. The van der Waals surface area contributed by atoms with Crippen LogP contribution in [0, 0.1) is 56.2 Å². The topological polar surface area (TPSA) is 123 Å². The summed E-state index contributed by atoms with van der Waals surface area (Å²) in [6.45, 7) is 3.85. The number of fused-ring (bicyclic) bond motifs is 2. The molecule has 0 amide bonds. The first-order chi connectivity index (χ1) is 15.8. The van der Waals surface area contributed by atoms with Gasteiger partial charge in [-0.2, -0.15) is 15.8 Å². The molecule has 1 N–H and O–H groups in total. The average Bonchev–Trinajstić information content (AvgIpc) is 2.97. The van der Waals surface area contributed by atoms with Crippen LogP contribution < -0.4 is 4.74 Å². The third-order valence-corrected chi connectivity index (χ3v) is 7.04. The molecule has 2 aromatic rings. The van der Waals surface area contributed by atoms with Gasteiger partial charge in [-0.3, -0.25) is 5.41 Å². The van der Waals surface area contributed by atoms with Gasteiger partial charge in [0.2, 0.25) is 17.1 Å². The molecule has 4 unspecified atom stereocenters. The Morgan fingerprint density at radius 1 is 1.09 bits per heavy atom. The van der Waals surface area contributed by atoms with Crippen LogP contribution in [-0.4, -0.2) is 18.3 Å². The standard InChI is InChI=1S/C25H21BrN4O3/c1-3-31-19-10-9-17(26)12-18(19)21-24(13-27,14-28)25(15-29)20(11-16-7-5-4-6-8-16)23(2,32-21)33-22(25)30/h4-10,12,20-21,30H,3,11H2,1-2H3. The monoisotopic (exact) mass is 504 g/mol. The molecule has 0 spiro atoms. The molecule has 166 valence electrons. The van der Waals surface area contributed by atoms with Gasteiger partial charge in [0.05, 0.1) is 30.7 Å². The fourth-order valence-corrected chi connectivity index (χ4v) is 5.41. The van der Waals surface area contributed by atoms with Crippen molar-refractivity contribution in [3.05, 3.63) is 64.1 Å². The highest BCUT2D eigenvalue weighted by Crippen LogP contribution is 2.67. The Kier molecular flexibility index (Phi) is 5.66. The number of halogens is 1. The molecule has 0 aromatic heterocycles. The van der Waals surface area contributed by atoms with E-state index in [0.717, 1.165) is 5.56 Å². The first-order valence-electron chi connectivity index (χ1n) is 10.5. The Hall–Kier alpha value is -3.38. The normalized spacial score (nSPS) is 29.3. The third-order valence-electron chi connectivity index (χ3n) is 6.55. The van der Waals surface area contributed by atoms with Gasteiger partial charge in [-0.1, -0.05) is 46.3 Å². The van der Waals surface area contributed by atoms with Crippen molar-refractivity contribution >= 4 is 21.8 Å². The maximum absolute atomic E-state index is 10.5. The van der Waals surface area contributed by atoms with Crippen molar-refractivity contribution in [1.29, 1.82) is 21.2 Å². The van der Waals surface area contributed by atoms with Crippen molar-refractivity contribution in [2.75, 3.05) is 6.61 Å². The molecule has 0 radical (unpaired) electrons. The minimum absolute atomic E-state index is 0.294. The van der Waals surface area contributed by atoms with Gasteiger partial charge < -0.3 is 14.2 Å². The second-order valence-corrected chi connectivity index (χ2v) is 9.17. The number of nitrogens with zero attached hydrogens (tertiary/aromatic N) is 3. The summed E-state index contributed by atoms with van der Waals surface area (Å²) in [4.78, 5) is 0. The molecule has 0 saturated carbocycles. The molecule has 2 bridgehead atoms. The molecule has 4 rings (SSSR count). The number of ether oxygens (including phenoxy) is 3. The van der Waals surface area contributed by atoms with Crippen LogP contribution in [0.15, 0.2) is 53.0 Å². The Labute approximate surface area is 200 Å². The molecule has 8 heteroatoms. The van der Waals surface area contributed by atoms with E-state index in [1.54, 1.807) is 25.1 Å².